The minimum atomic E-state index is 0.262. The fourth-order valence-electron chi connectivity index (χ4n) is 1.77. The van der Waals surface area contributed by atoms with Crippen LogP contribution in [-0.2, 0) is 11.2 Å². The van der Waals surface area contributed by atoms with Gasteiger partial charge in [-0.2, -0.15) is 0 Å². The molecule has 3 heteroatoms. The molecule has 0 radical (unpaired) electrons. The summed E-state index contributed by atoms with van der Waals surface area (Å²) < 4.78 is 0. The average Bonchev–Trinajstić information content (AvgIpc) is 2.38. The van der Waals surface area contributed by atoms with Crippen LogP contribution in [0.1, 0.15) is 38.7 Å². The van der Waals surface area contributed by atoms with Gasteiger partial charge in [0.2, 0.25) is 5.91 Å². The van der Waals surface area contributed by atoms with E-state index in [1.54, 1.807) is 12.4 Å². The molecule has 1 amide bonds. The van der Waals surface area contributed by atoms with E-state index in [0.29, 0.717) is 6.42 Å². The van der Waals surface area contributed by atoms with Crippen molar-refractivity contribution >= 4 is 5.91 Å². The summed E-state index contributed by atoms with van der Waals surface area (Å²) in [6, 6.07) is 3.94. The zero-order chi connectivity index (χ0) is 12.5. The second-order valence-corrected chi connectivity index (χ2v) is 4.18. The second-order valence-electron chi connectivity index (χ2n) is 4.18. The van der Waals surface area contributed by atoms with E-state index in [9.17, 15) is 4.79 Å². The van der Waals surface area contributed by atoms with Gasteiger partial charge in [-0.15, -0.1) is 0 Å². The third kappa shape index (κ3) is 4.98. The predicted octanol–water partition coefficient (Wildman–Crippen LogP) is 2.66. The molecule has 17 heavy (non-hydrogen) atoms. The van der Waals surface area contributed by atoms with Crippen LogP contribution in [0.15, 0.2) is 24.5 Å². The highest BCUT2D eigenvalue weighted by Gasteiger charge is 2.10. The standard InChI is InChI=1S/C14H22N2O/c1-3-5-12-16(4-2)14(17)7-6-13-8-10-15-11-9-13/h8-11H,3-7,12H2,1-2H3. The highest BCUT2D eigenvalue weighted by molar-refractivity contribution is 5.76. The summed E-state index contributed by atoms with van der Waals surface area (Å²) in [7, 11) is 0. The van der Waals surface area contributed by atoms with E-state index < -0.39 is 0 Å². The lowest BCUT2D eigenvalue weighted by molar-refractivity contribution is -0.131. The number of rotatable bonds is 7. The monoisotopic (exact) mass is 234 g/mol. The van der Waals surface area contributed by atoms with Gasteiger partial charge in [-0.1, -0.05) is 13.3 Å². The topological polar surface area (TPSA) is 33.2 Å². The van der Waals surface area contributed by atoms with Crippen LogP contribution in [0.2, 0.25) is 0 Å². The van der Waals surface area contributed by atoms with Crippen molar-refractivity contribution in [3.8, 4) is 0 Å². The quantitative estimate of drug-likeness (QED) is 0.726. The summed E-state index contributed by atoms with van der Waals surface area (Å²) in [6.45, 7) is 5.90. The van der Waals surface area contributed by atoms with Gasteiger partial charge in [-0.05, 0) is 37.5 Å². The molecule has 0 fully saturated rings. The number of carbonyl (C=O) groups is 1. The molecule has 0 bridgehead atoms. The van der Waals surface area contributed by atoms with Crippen molar-refractivity contribution in [1.82, 2.24) is 9.88 Å². The molecular weight excluding hydrogens is 212 g/mol. The molecule has 0 aliphatic carbocycles. The normalized spacial score (nSPS) is 10.2. The first-order valence-electron chi connectivity index (χ1n) is 6.44. The number of hydrogen-bond donors (Lipinski definition) is 0. The zero-order valence-corrected chi connectivity index (χ0v) is 10.9. The van der Waals surface area contributed by atoms with E-state index >= 15 is 0 Å². The smallest absolute Gasteiger partial charge is 0.222 e. The van der Waals surface area contributed by atoms with Gasteiger partial charge in [0.05, 0.1) is 0 Å². The maximum absolute atomic E-state index is 12.0. The van der Waals surface area contributed by atoms with Gasteiger partial charge in [0, 0.05) is 31.9 Å². The van der Waals surface area contributed by atoms with Crippen molar-refractivity contribution in [2.75, 3.05) is 13.1 Å². The van der Waals surface area contributed by atoms with Crippen molar-refractivity contribution in [2.45, 2.75) is 39.5 Å². The number of hydrogen-bond acceptors (Lipinski definition) is 2. The number of amides is 1. The zero-order valence-electron chi connectivity index (χ0n) is 10.9. The van der Waals surface area contributed by atoms with Gasteiger partial charge in [-0.25, -0.2) is 0 Å². The molecule has 1 rings (SSSR count). The van der Waals surface area contributed by atoms with Gasteiger partial charge in [0.25, 0.3) is 0 Å². The first-order chi connectivity index (χ1) is 8.27. The molecule has 0 saturated heterocycles. The highest BCUT2D eigenvalue weighted by atomic mass is 16.2. The van der Waals surface area contributed by atoms with E-state index in [-0.39, 0.29) is 5.91 Å². The van der Waals surface area contributed by atoms with Crippen LogP contribution in [0.5, 0.6) is 0 Å². The minimum absolute atomic E-state index is 0.262. The van der Waals surface area contributed by atoms with E-state index in [1.165, 1.54) is 5.56 Å². The molecule has 3 nitrogen and oxygen atoms in total. The van der Waals surface area contributed by atoms with Crippen LogP contribution >= 0.6 is 0 Å². The SMILES string of the molecule is CCCCN(CC)C(=O)CCc1ccncc1. The lowest BCUT2D eigenvalue weighted by atomic mass is 10.1. The average molecular weight is 234 g/mol. The molecule has 0 atom stereocenters. The summed E-state index contributed by atoms with van der Waals surface area (Å²) in [5.74, 6) is 0.262. The van der Waals surface area contributed by atoms with Crippen molar-refractivity contribution in [1.29, 1.82) is 0 Å². The van der Waals surface area contributed by atoms with Crippen molar-refractivity contribution < 1.29 is 4.79 Å². The molecular formula is C14H22N2O. The van der Waals surface area contributed by atoms with E-state index in [0.717, 1.165) is 32.4 Å². The molecule has 0 unspecified atom stereocenters. The number of carbonyl (C=O) groups excluding carboxylic acids is 1. The molecule has 0 aromatic carbocycles. The molecule has 0 spiro atoms. The third-order valence-electron chi connectivity index (χ3n) is 2.89. The molecule has 1 heterocycles. The summed E-state index contributed by atoms with van der Waals surface area (Å²) in [6.07, 6.45) is 7.18. The van der Waals surface area contributed by atoms with Gasteiger partial charge in [0.1, 0.15) is 0 Å². The van der Waals surface area contributed by atoms with E-state index in [2.05, 4.69) is 11.9 Å². The Kier molecular flexibility index (Phi) is 6.30. The van der Waals surface area contributed by atoms with Crippen LogP contribution in [0.25, 0.3) is 0 Å². The molecule has 1 aromatic heterocycles. The first-order valence-corrected chi connectivity index (χ1v) is 6.44. The molecule has 0 aliphatic heterocycles. The van der Waals surface area contributed by atoms with Crippen molar-refractivity contribution in [3.63, 3.8) is 0 Å². The first kappa shape index (κ1) is 13.7. The number of pyridine rings is 1. The van der Waals surface area contributed by atoms with Gasteiger partial charge in [-0.3, -0.25) is 9.78 Å². The highest BCUT2D eigenvalue weighted by Crippen LogP contribution is 2.04. The number of aryl methyl sites for hydroxylation is 1. The molecule has 0 saturated carbocycles. The number of unbranched alkanes of at least 4 members (excludes halogenated alkanes) is 1. The Morgan fingerprint density at radius 2 is 2.00 bits per heavy atom. The Hall–Kier alpha value is -1.38. The molecule has 1 aromatic rings. The largest absolute Gasteiger partial charge is 0.343 e. The molecule has 94 valence electrons. The fraction of sp³-hybridized carbons (Fsp3) is 0.571. The number of aromatic nitrogens is 1. The number of nitrogens with zero attached hydrogens (tertiary/aromatic N) is 2. The van der Waals surface area contributed by atoms with Crippen LogP contribution in [0.4, 0.5) is 0 Å². The summed E-state index contributed by atoms with van der Waals surface area (Å²) in [5, 5.41) is 0. The van der Waals surface area contributed by atoms with E-state index in [4.69, 9.17) is 0 Å². The minimum Gasteiger partial charge on any atom is -0.343 e. The Balaban J connectivity index is 2.37. The third-order valence-corrected chi connectivity index (χ3v) is 2.89. The second kappa shape index (κ2) is 7.82. The maximum atomic E-state index is 12.0. The lowest BCUT2D eigenvalue weighted by Gasteiger charge is -2.20. The Morgan fingerprint density at radius 1 is 1.29 bits per heavy atom. The van der Waals surface area contributed by atoms with Crippen molar-refractivity contribution in [3.05, 3.63) is 30.1 Å². The van der Waals surface area contributed by atoms with Gasteiger partial charge < -0.3 is 4.90 Å². The Labute approximate surface area is 104 Å². The van der Waals surface area contributed by atoms with Crippen LogP contribution in [-0.4, -0.2) is 28.9 Å². The molecule has 0 aliphatic rings. The Bertz CT molecular complexity index is 324. The van der Waals surface area contributed by atoms with Crippen LogP contribution in [0, 0.1) is 0 Å². The summed E-state index contributed by atoms with van der Waals surface area (Å²) in [4.78, 5) is 17.9. The van der Waals surface area contributed by atoms with Gasteiger partial charge in [0.15, 0.2) is 0 Å². The van der Waals surface area contributed by atoms with Crippen LogP contribution < -0.4 is 0 Å². The summed E-state index contributed by atoms with van der Waals surface area (Å²) >= 11 is 0. The van der Waals surface area contributed by atoms with Crippen molar-refractivity contribution in [2.24, 2.45) is 0 Å². The predicted molar refractivity (Wildman–Crippen MR) is 69.7 cm³/mol. The maximum Gasteiger partial charge on any atom is 0.222 e. The fourth-order valence-corrected chi connectivity index (χ4v) is 1.77. The summed E-state index contributed by atoms with van der Waals surface area (Å²) in [5.41, 5.74) is 1.18. The lowest BCUT2D eigenvalue weighted by Crippen LogP contribution is -2.31. The van der Waals surface area contributed by atoms with E-state index in [1.807, 2.05) is 24.0 Å². The van der Waals surface area contributed by atoms with Gasteiger partial charge >= 0.3 is 0 Å². The molecule has 0 N–H and O–H groups in total. The van der Waals surface area contributed by atoms with Crippen LogP contribution in [0.3, 0.4) is 0 Å². The Morgan fingerprint density at radius 3 is 2.59 bits per heavy atom.